The average molecular weight is 168 g/mol. The zero-order chi connectivity index (χ0) is 6.91. The van der Waals surface area contributed by atoms with Gasteiger partial charge in [-0.05, 0) is 0 Å². The molecule has 1 aliphatic heterocycles. The fraction of sp³-hybridized carbons (Fsp3) is 1.00. The first kappa shape index (κ1) is 10.2. The van der Waals surface area contributed by atoms with Crippen LogP contribution in [0.4, 0.5) is 0 Å². The van der Waals surface area contributed by atoms with Crippen molar-refractivity contribution in [2.24, 2.45) is 0 Å². The molecule has 1 heterocycles. The summed E-state index contributed by atoms with van der Waals surface area (Å²) in [6, 6.07) is 0. The molecule has 0 aromatic carbocycles. The maximum atomic E-state index is 8.91. The second kappa shape index (κ2) is 3.53. The third kappa shape index (κ3) is 2.09. The summed E-state index contributed by atoms with van der Waals surface area (Å²) in [5, 5.41) is 17.5. The topological polar surface area (TPSA) is 40.5 Å². The van der Waals surface area contributed by atoms with E-state index >= 15 is 0 Å². The van der Waals surface area contributed by atoms with Crippen molar-refractivity contribution >= 4 is 0 Å². The lowest BCUT2D eigenvalue weighted by molar-refractivity contribution is -0.955. The maximum absolute atomic E-state index is 8.91. The molecule has 4 heteroatoms. The van der Waals surface area contributed by atoms with Crippen molar-refractivity contribution in [1.82, 2.24) is 0 Å². The van der Waals surface area contributed by atoms with Crippen LogP contribution in [0.15, 0.2) is 0 Å². The first-order valence-electron chi connectivity index (χ1n) is 3.29. The molecule has 0 aromatic heterocycles. The summed E-state index contributed by atoms with van der Waals surface area (Å²) in [4.78, 5) is 0. The predicted molar refractivity (Wildman–Crippen MR) is 33.9 cm³/mol. The number of likely N-dealkylation sites (N-methyl/N-ethyl adjacent to an activating group) is 1. The average Bonchev–Trinajstić information content (AvgIpc) is 1.62. The van der Waals surface area contributed by atoms with Gasteiger partial charge >= 0.3 is 0 Å². The Morgan fingerprint density at radius 3 is 2.30 bits per heavy atom. The van der Waals surface area contributed by atoms with Gasteiger partial charge in [-0.1, -0.05) is 0 Å². The third-order valence-corrected chi connectivity index (χ3v) is 1.94. The van der Waals surface area contributed by atoms with E-state index in [1.54, 1.807) is 0 Å². The number of hydrogen-bond acceptors (Lipinski definition) is 2. The number of likely N-dealkylation sites (tertiary alicyclic amines) is 1. The molecule has 1 rings (SSSR count). The molecule has 10 heavy (non-hydrogen) atoms. The van der Waals surface area contributed by atoms with Crippen molar-refractivity contribution in [1.29, 1.82) is 0 Å². The van der Waals surface area contributed by atoms with Gasteiger partial charge in [-0.2, -0.15) is 0 Å². The molecule has 0 spiro atoms. The fourth-order valence-corrected chi connectivity index (χ4v) is 1.39. The Morgan fingerprint density at radius 1 is 1.50 bits per heavy atom. The van der Waals surface area contributed by atoms with Gasteiger partial charge in [0.25, 0.3) is 0 Å². The van der Waals surface area contributed by atoms with Crippen molar-refractivity contribution in [3.8, 4) is 0 Å². The Bertz CT molecular complexity index is 98.4. The summed E-state index contributed by atoms with van der Waals surface area (Å²) in [5.74, 6) is 0. The monoisotopic (exact) mass is 167 g/mol. The quantitative estimate of drug-likeness (QED) is 0.410. The fourth-order valence-electron chi connectivity index (χ4n) is 1.39. The molecule has 1 aliphatic rings. The predicted octanol–water partition coefficient (Wildman–Crippen LogP) is -4.20. The van der Waals surface area contributed by atoms with Crippen molar-refractivity contribution < 1.29 is 27.1 Å². The Kier molecular flexibility index (Phi) is 3.59. The van der Waals surface area contributed by atoms with Crippen LogP contribution in [0.5, 0.6) is 0 Å². The van der Waals surface area contributed by atoms with E-state index < -0.39 is 0 Å². The van der Waals surface area contributed by atoms with Gasteiger partial charge in [-0.3, -0.25) is 0 Å². The van der Waals surface area contributed by atoms with Crippen LogP contribution < -0.4 is 12.4 Å². The standard InChI is InChI=1S/C6H14NO2.ClH/c1-7(2-3-8)4-6(9)5-7;/h6,8-9H,2-5H2,1H3;1H/q+1;/p-1. The Labute approximate surface area is 67.3 Å². The van der Waals surface area contributed by atoms with Crippen molar-refractivity contribution in [3.63, 3.8) is 0 Å². The van der Waals surface area contributed by atoms with Gasteiger partial charge in [0.1, 0.15) is 19.6 Å². The highest BCUT2D eigenvalue weighted by Crippen LogP contribution is 2.15. The van der Waals surface area contributed by atoms with Crippen LogP contribution in [0.3, 0.4) is 0 Å². The molecule has 2 N–H and O–H groups in total. The molecular formula is C6H14ClNO2. The van der Waals surface area contributed by atoms with E-state index in [4.69, 9.17) is 10.2 Å². The van der Waals surface area contributed by atoms with E-state index in [0.717, 1.165) is 24.1 Å². The number of aliphatic hydroxyl groups is 2. The van der Waals surface area contributed by atoms with Gasteiger partial charge in [-0.15, -0.1) is 0 Å². The van der Waals surface area contributed by atoms with Crippen LogP contribution in [0.2, 0.25) is 0 Å². The molecule has 0 aromatic rings. The van der Waals surface area contributed by atoms with Crippen molar-refractivity contribution in [2.75, 3.05) is 33.3 Å². The highest BCUT2D eigenvalue weighted by molar-refractivity contribution is 4.63. The highest BCUT2D eigenvalue weighted by atomic mass is 35.5. The number of rotatable bonds is 2. The molecule has 0 aliphatic carbocycles. The number of nitrogens with zero attached hydrogens (tertiary/aromatic N) is 1. The van der Waals surface area contributed by atoms with E-state index in [9.17, 15) is 0 Å². The Hall–Kier alpha value is 0.170. The first-order chi connectivity index (χ1) is 4.16. The van der Waals surface area contributed by atoms with E-state index in [0.29, 0.717) is 0 Å². The van der Waals surface area contributed by atoms with E-state index in [2.05, 4.69) is 0 Å². The zero-order valence-corrected chi connectivity index (χ0v) is 6.88. The van der Waals surface area contributed by atoms with Crippen LogP contribution in [-0.4, -0.2) is 54.1 Å². The van der Waals surface area contributed by atoms with Crippen LogP contribution in [-0.2, 0) is 0 Å². The minimum absolute atomic E-state index is 0. The van der Waals surface area contributed by atoms with Crippen molar-refractivity contribution in [2.45, 2.75) is 6.10 Å². The minimum atomic E-state index is -0.124. The molecule has 3 nitrogen and oxygen atoms in total. The molecule has 0 unspecified atom stereocenters. The zero-order valence-electron chi connectivity index (χ0n) is 6.13. The summed E-state index contributed by atoms with van der Waals surface area (Å²) in [6.45, 7) is 2.61. The molecule has 0 amide bonds. The van der Waals surface area contributed by atoms with Crippen LogP contribution in [0, 0.1) is 0 Å². The Morgan fingerprint density at radius 2 is 2.00 bits per heavy atom. The molecule has 0 radical (unpaired) electrons. The van der Waals surface area contributed by atoms with Gasteiger partial charge in [0, 0.05) is 0 Å². The van der Waals surface area contributed by atoms with Crippen LogP contribution in [0.25, 0.3) is 0 Å². The number of hydrogen-bond donors (Lipinski definition) is 2. The van der Waals surface area contributed by atoms with Crippen LogP contribution in [0.1, 0.15) is 0 Å². The van der Waals surface area contributed by atoms with Gasteiger partial charge in [0.2, 0.25) is 0 Å². The van der Waals surface area contributed by atoms with Crippen molar-refractivity contribution in [3.05, 3.63) is 0 Å². The SMILES string of the molecule is C[N+]1(CCO)CC(O)C1.[Cl-]. The lowest BCUT2D eigenvalue weighted by Gasteiger charge is -2.44. The van der Waals surface area contributed by atoms with Gasteiger partial charge in [0.15, 0.2) is 6.10 Å². The van der Waals surface area contributed by atoms with E-state index in [1.165, 1.54) is 0 Å². The molecular weight excluding hydrogens is 154 g/mol. The summed E-state index contributed by atoms with van der Waals surface area (Å²) >= 11 is 0. The normalized spacial score (nSPS) is 38.1. The second-order valence-electron chi connectivity index (χ2n) is 3.09. The number of aliphatic hydroxyl groups excluding tert-OH is 2. The maximum Gasteiger partial charge on any atom is 0.152 e. The molecule has 0 atom stereocenters. The molecule has 1 fully saturated rings. The smallest absolute Gasteiger partial charge is 0.152 e. The Balaban J connectivity index is 0.000000810. The van der Waals surface area contributed by atoms with Gasteiger partial charge < -0.3 is 27.1 Å². The molecule has 1 saturated heterocycles. The third-order valence-electron chi connectivity index (χ3n) is 1.94. The lowest BCUT2D eigenvalue weighted by atomic mass is 10.1. The van der Waals surface area contributed by atoms with Crippen LogP contribution >= 0.6 is 0 Å². The summed E-state index contributed by atoms with van der Waals surface area (Å²) in [7, 11) is 2.04. The summed E-state index contributed by atoms with van der Waals surface area (Å²) in [5.41, 5.74) is 0. The van der Waals surface area contributed by atoms with E-state index in [1.807, 2.05) is 7.05 Å². The highest BCUT2D eigenvalue weighted by Gasteiger charge is 2.38. The molecule has 62 valence electrons. The van der Waals surface area contributed by atoms with E-state index in [-0.39, 0.29) is 25.1 Å². The number of halogens is 1. The molecule has 0 saturated carbocycles. The van der Waals surface area contributed by atoms with Gasteiger partial charge in [0.05, 0.1) is 13.7 Å². The second-order valence-corrected chi connectivity index (χ2v) is 3.09. The molecule has 0 bridgehead atoms. The lowest BCUT2D eigenvalue weighted by Crippen LogP contribution is -3.00. The largest absolute Gasteiger partial charge is 1.00 e. The summed E-state index contributed by atoms with van der Waals surface area (Å²) < 4.78 is 0.831. The first-order valence-corrected chi connectivity index (χ1v) is 3.29. The summed E-state index contributed by atoms with van der Waals surface area (Å²) in [6.07, 6.45) is -0.124. The minimum Gasteiger partial charge on any atom is -1.00 e. The van der Waals surface area contributed by atoms with Gasteiger partial charge in [-0.25, -0.2) is 0 Å². The number of quaternary nitrogens is 1.